The van der Waals surface area contributed by atoms with Crippen molar-refractivity contribution >= 4 is 16.0 Å². The third-order valence-electron chi connectivity index (χ3n) is 7.58. The minimum absolute atomic E-state index is 0.284. The monoisotopic (exact) mass is 589 g/mol. The summed E-state index contributed by atoms with van der Waals surface area (Å²) >= 11 is 0. The Morgan fingerprint density at radius 3 is 1.50 bits per heavy atom. The molecule has 3 unspecified atom stereocenters. The van der Waals surface area contributed by atoms with Gasteiger partial charge in [-0.15, -0.1) is 0 Å². The van der Waals surface area contributed by atoms with Gasteiger partial charge in [-0.25, -0.2) is 0 Å². The van der Waals surface area contributed by atoms with Crippen LogP contribution in [0.5, 0.6) is 0 Å². The maximum absolute atomic E-state index is 12.4. The van der Waals surface area contributed by atoms with E-state index in [4.69, 9.17) is 0 Å². The summed E-state index contributed by atoms with van der Waals surface area (Å²) < 4.78 is 32.1. The number of aliphatic hydroxyl groups is 2. The van der Waals surface area contributed by atoms with Crippen molar-refractivity contribution in [1.29, 1.82) is 0 Å². The van der Waals surface area contributed by atoms with E-state index in [1.165, 1.54) is 64.2 Å². The van der Waals surface area contributed by atoms with E-state index in [0.717, 1.165) is 57.8 Å². The van der Waals surface area contributed by atoms with Crippen LogP contribution in [-0.2, 0) is 14.9 Å². The number of nitrogens with one attached hydrogen (secondary N) is 1. The number of aliphatic hydroxyl groups excluding tert-OH is 2. The summed E-state index contributed by atoms with van der Waals surface area (Å²) in [6.07, 6.45) is 27.0. The average molecular weight is 590 g/mol. The Morgan fingerprint density at radius 1 is 0.650 bits per heavy atom. The lowest BCUT2D eigenvalue weighted by molar-refractivity contribution is -0.131. The number of unbranched alkanes of at least 4 members (excludes halogenated alkanes) is 18. The first-order chi connectivity index (χ1) is 19.2. The van der Waals surface area contributed by atoms with Gasteiger partial charge < -0.3 is 15.5 Å². The SMILES string of the molecule is CCCCCCCCCCC/C=C\CCCCCCC(O)C(=O)NC(CS(=O)(=O)O)C(O)CCCCCCCC. The smallest absolute Gasteiger partial charge is 0.266 e. The van der Waals surface area contributed by atoms with Crippen LogP contribution in [0.3, 0.4) is 0 Å². The number of carbonyl (C=O) groups is 1. The van der Waals surface area contributed by atoms with Gasteiger partial charge in [0.1, 0.15) is 6.10 Å². The van der Waals surface area contributed by atoms with Crippen LogP contribution in [0.1, 0.15) is 162 Å². The molecular weight excluding hydrogens is 526 g/mol. The van der Waals surface area contributed by atoms with Crippen LogP contribution < -0.4 is 5.32 Å². The highest BCUT2D eigenvalue weighted by Gasteiger charge is 2.28. The highest BCUT2D eigenvalue weighted by atomic mass is 32.2. The predicted molar refractivity (Wildman–Crippen MR) is 167 cm³/mol. The molecule has 0 aliphatic heterocycles. The second-order valence-electron chi connectivity index (χ2n) is 11.6. The van der Waals surface area contributed by atoms with Crippen LogP contribution in [0, 0.1) is 0 Å². The van der Waals surface area contributed by atoms with Crippen molar-refractivity contribution < 1.29 is 28.0 Å². The van der Waals surface area contributed by atoms with E-state index in [2.05, 4.69) is 31.3 Å². The first-order valence-corrected chi connectivity index (χ1v) is 18.1. The van der Waals surface area contributed by atoms with E-state index < -0.39 is 40.0 Å². The van der Waals surface area contributed by atoms with Crippen LogP contribution in [0.4, 0.5) is 0 Å². The topological polar surface area (TPSA) is 124 Å². The summed E-state index contributed by atoms with van der Waals surface area (Å²) in [4.78, 5) is 12.4. The minimum atomic E-state index is -4.39. The molecular formula is C32H63NO6S. The van der Waals surface area contributed by atoms with Gasteiger partial charge in [0.05, 0.1) is 17.9 Å². The van der Waals surface area contributed by atoms with Gasteiger partial charge in [-0.1, -0.05) is 135 Å². The Balaban J connectivity index is 4.00. The van der Waals surface area contributed by atoms with Crippen LogP contribution in [0.2, 0.25) is 0 Å². The maximum Gasteiger partial charge on any atom is 0.266 e. The van der Waals surface area contributed by atoms with Crippen LogP contribution in [0.15, 0.2) is 12.2 Å². The fourth-order valence-corrected chi connectivity index (χ4v) is 5.74. The van der Waals surface area contributed by atoms with Crippen molar-refractivity contribution in [2.24, 2.45) is 0 Å². The number of carbonyl (C=O) groups excluding carboxylic acids is 1. The molecule has 0 fully saturated rings. The lowest BCUT2D eigenvalue weighted by Gasteiger charge is -2.24. The van der Waals surface area contributed by atoms with Gasteiger partial charge >= 0.3 is 0 Å². The molecule has 4 N–H and O–H groups in total. The van der Waals surface area contributed by atoms with E-state index >= 15 is 0 Å². The molecule has 3 atom stereocenters. The summed E-state index contributed by atoms with van der Waals surface area (Å²) in [7, 11) is -4.39. The van der Waals surface area contributed by atoms with E-state index in [1.807, 2.05) is 0 Å². The molecule has 0 aromatic heterocycles. The third kappa shape index (κ3) is 26.0. The Labute approximate surface area is 246 Å². The second kappa shape index (κ2) is 26.9. The Hall–Kier alpha value is -0.960. The molecule has 0 radical (unpaired) electrons. The fraction of sp³-hybridized carbons (Fsp3) is 0.906. The van der Waals surface area contributed by atoms with E-state index in [9.17, 15) is 28.0 Å². The van der Waals surface area contributed by atoms with Crippen molar-refractivity contribution in [3.8, 4) is 0 Å². The zero-order chi connectivity index (χ0) is 29.9. The highest BCUT2D eigenvalue weighted by Crippen LogP contribution is 2.14. The standard InChI is InChI=1S/C32H63NO6S/c1-3-5-7-9-11-12-13-14-15-16-17-18-19-20-21-23-25-27-31(35)32(36)33-29(28-40(37,38)39)30(34)26-24-22-10-8-6-4-2/h17-18,29-31,34-35H,3-16,19-28H2,1-2H3,(H,33,36)(H,37,38,39)/b18-17-. The lowest BCUT2D eigenvalue weighted by atomic mass is 10.0. The van der Waals surface area contributed by atoms with Crippen molar-refractivity contribution in [2.45, 2.75) is 180 Å². The molecule has 40 heavy (non-hydrogen) atoms. The molecule has 0 saturated heterocycles. The van der Waals surface area contributed by atoms with Gasteiger partial charge in [0.25, 0.3) is 10.1 Å². The quantitative estimate of drug-likeness (QED) is 0.0404. The zero-order valence-corrected chi connectivity index (χ0v) is 26.6. The first kappa shape index (κ1) is 39.0. The first-order valence-electron chi connectivity index (χ1n) is 16.5. The highest BCUT2D eigenvalue weighted by molar-refractivity contribution is 7.85. The zero-order valence-electron chi connectivity index (χ0n) is 25.8. The molecule has 7 nitrogen and oxygen atoms in total. The molecule has 0 bridgehead atoms. The third-order valence-corrected chi connectivity index (χ3v) is 8.36. The molecule has 0 aliphatic carbocycles. The van der Waals surface area contributed by atoms with Crippen LogP contribution in [-0.4, -0.2) is 53.1 Å². The van der Waals surface area contributed by atoms with Crippen molar-refractivity contribution in [3.63, 3.8) is 0 Å². The molecule has 0 heterocycles. The van der Waals surface area contributed by atoms with Crippen molar-refractivity contribution in [2.75, 3.05) is 5.75 Å². The number of amides is 1. The lowest BCUT2D eigenvalue weighted by Crippen LogP contribution is -2.50. The van der Waals surface area contributed by atoms with E-state index in [-0.39, 0.29) is 6.42 Å². The fourth-order valence-electron chi connectivity index (χ4n) is 4.98. The molecule has 0 saturated carbocycles. The van der Waals surface area contributed by atoms with Gasteiger partial charge in [0.2, 0.25) is 5.91 Å². The number of hydrogen-bond acceptors (Lipinski definition) is 5. The Bertz CT molecular complexity index is 712. The van der Waals surface area contributed by atoms with E-state index in [0.29, 0.717) is 19.3 Å². The maximum atomic E-state index is 12.4. The van der Waals surface area contributed by atoms with Gasteiger partial charge in [-0.05, 0) is 38.5 Å². The minimum Gasteiger partial charge on any atom is -0.391 e. The van der Waals surface area contributed by atoms with E-state index in [1.54, 1.807) is 0 Å². The van der Waals surface area contributed by atoms with Gasteiger partial charge in [0, 0.05) is 0 Å². The summed E-state index contributed by atoms with van der Waals surface area (Å²) in [5.41, 5.74) is 0. The van der Waals surface area contributed by atoms with Crippen LogP contribution in [0.25, 0.3) is 0 Å². The summed E-state index contributed by atoms with van der Waals surface area (Å²) in [5, 5.41) is 23.2. The molecule has 0 aromatic carbocycles. The number of rotatable bonds is 29. The average Bonchev–Trinajstić information content (AvgIpc) is 2.90. The summed E-state index contributed by atoms with van der Waals surface area (Å²) in [5.74, 6) is -1.47. The Kier molecular flexibility index (Phi) is 26.3. The summed E-state index contributed by atoms with van der Waals surface area (Å²) in [6.45, 7) is 4.39. The number of hydrogen-bond donors (Lipinski definition) is 4. The molecule has 0 rings (SSSR count). The van der Waals surface area contributed by atoms with Gasteiger partial charge in [-0.3, -0.25) is 9.35 Å². The number of allylic oxidation sites excluding steroid dienone is 2. The van der Waals surface area contributed by atoms with Crippen molar-refractivity contribution in [1.82, 2.24) is 5.32 Å². The predicted octanol–water partition coefficient (Wildman–Crippen LogP) is 7.65. The van der Waals surface area contributed by atoms with Gasteiger partial charge in [0.15, 0.2) is 0 Å². The normalized spacial score (nSPS) is 14.4. The van der Waals surface area contributed by atoms with Gasteiger partial charge in [-0.2, -0.15) is 8.42 Å². The molecule has 0 aromatic rings. The van der Waals surface area contributed by atoms with Crippen LogP contribution >= 0.6 is 0 Å². The van der Waals surface area contributed by atoms with Crippen molar-refractivity contribution in [3.05, 3.63) is 12.2 Å². The Morgan fingerprint density at radius 2 is 1.05 bits per heavy atom. The molecule has 8 heteroatoms. The second-order valence-corrected chi connectivity index (χ2v) is 13.1. The largest absolute Gasteiger partial charge is 0.391 e. The summed E-state index contributed by atoms with van der Waals surface area (Å²) in [6, 6.07) is -1.14. The molecule has 1 amide bonds. The molecule has 238 valence electrons. The molecule has 0 spiro atoms. The molecule has 0 aliphatic rings.